The van der Waals surface area contributed by atoms with Crippen molar-refractivity contribution in [2.24, 2.45) is 5.73 Å². The van der Waals surface area contributed by atoms with Crippen LogP contribution in [0.3, 0.4) is 0 Å². The lowest BCUT2D eigenvalue weighted by Gasteiger charge is -2.17. The fourth-order valence-corrected chi connectivity index (χ4v) is 3.03. The van der Waals surface area contributed by atoms with E-state index in [9.17, 15) is 0 Å². The molecule has 2 unspecified atom stereocenters. The fourth-order valence-electron chi connectivity index (χ4n) is 2.43. The molecule has 0 spiro atoms. The highest BCUT2D eigenvalue weighted by Crippen LogP contribution is 2.37. The second-order valence-corrected chi connectivity index (χ2v) is 6.28. The molecule has 1 heterocycles. The van der Waals surface area contributed by atoms with Crippen LogP contribution in [0, 0.1) is 0 Å². The molecule has 2 N–H and O–H groups in total. The zero-order valence-electron chi connectivity index (χ0n) is 12.7. The van der Waals surface area contributed by atoms with E-state index in [4.69, 9.17) is 19.9 Å². The van der Waals surface area contributed by atoms with Gasteiger partial charge in [-0.1, -0.05) is 6.92 Å². The summed E-state index contributed by atoms with van der Waals surface area (Å²) < 4.78 is 17.8. The summed E-state index contributed by atoms with van der Waals surface area (Å²) in [5.74, 6) is 1.47. The number of halogens is 1. The molecule has 1 fully saturated rings. The van der Waals surface area contributed by atoms with Gasteiger partial charge in [0, 0.05) is 12.6 Å². The number of methoxy groups -OCH3 is 1. The van der Waals surface area contributed by atoms with Gasteiger partial charge in [-0.15, -0.1) is 0 Å². The second kappa shape index (κ2) is 8.01. The van der Waals surface area contributed by atoms with Crippen LogP contribution in [0.5, 0.6) is 11.5 Å². The Morgan fingerprint density at radius 3 is 2.90 bits per heavy atom. The number of hydrogen-bond donors (Lipinski definition) is 1. The molecule has 0 radical (unpaired) electrons. The third-order valence-corrected chi connectivity index (χ3v) is 4.34. The van der Waals surface area contributed by atoms with Crippen molar-refractivity contribution in [3.05, 3.63) is 22.2 Å². The number of nitrogens with two attached hydrogens (primary N) is 1. The lowest BCUT2D eigenvalue weighted by atomic mass is 10.0. The molecule has 4 nitrogen and oxygen atoms in total. The Morgan fingerprint density at radius 2 is 2.29 bits per heavy atom. The molecule has 1 aliphatic rings. The summed E-state index contributed by atoms with van der Waals surface area (Å²) in [6.07, 6.45) is 4.15. The van der Waals surface area contributed by atoms with Crippen LogP contribution in [0.2, 0.25) is 0 Å². The number of benzene rings is 1. The smallest absolute Gasteiger partial charge is 0.175 e. The molecule has 1 aliphatic heterocycles. The van der Waals surface area contributed by atoms with Gasteiger partial charge in [-0.2, -0.15) is 0 Å². The molecule has 2 rings (SSSR count). The highest BCUT2D eigenvalue weighted by Gasteiger charge is 2.19. The molecule has 5 heteroatoms. The highest BCUT2D eigenvalue weighted by molar-refractivity contribution is 9.10. The Balaban J connectivity index is 2.08. The van der Waals surface area contributed by atoms with E-state index < -0.39 is 0 Å². The van der Waals surface area contributed by atoms with E-state index in [0.717, 1.165) is 53.8 Å². The van der Waals surface area contributed by atoms with Gasteiger partial charge in [-0.25, -0.2) is 0 Å². The summed E-state index contributed by atoms with van der Waals surface area (Å²) in [5.41, 5.74) is 7.17. The topological polar surface area (TPSA) is 53.7 Å². The summed E-state index contributed by atoms with van der Waals surface area (Å²) in [6.45, 7) is 3.49. The van der Waals surface area contributed by atoms with Crippen LogP contribution in [0.4, 0.5) is 0 Å². The first-order chi connectivity index (χ1) is 10.1. The van der Waals surface area contributed by atoms with Gasteiger partial charge in [0.15, 0.2) is 11.5 Å². The number of rotatable bonds is 7. The lowest BCUT2D eigenvalue weighted by molar-refractivity contribution is 0.0667. The largest absolute Gasteiger partial charge is 0.493 e. The predicted octanol–water partition coefficient (Wildman–Crippen LogP) is 3.30. The van der Waals surface area contributed by atoms with Gasteiger partial charge in [0.25, 0.3) is 0 Å². The van der Waals surface area contributed by atoms with Gasteiger partial charge in [0.1, 0.15) is 6.61 Å². The summed E-state index contributed by atoms with van der Waals surface area (Å²) in [4.78, 5) is 0. The molecular formula is C16H24BrNO3. The summed E-state index contributed by atoms with van der Waals surface area (Å²) in [7, 11) is 1.66. The molecule has 0 aliphatic carbocycles. The van der Waals surface area contributed by atoms with Gasteiger partial charge in [0.05, 0.1) is 17.7 Å². The number of ether oxygens (including phenoxy) is 3. The third-order valence-electron chi connectivity index (χ3n) is 3.75. The normalized spacial score (nSPS) is 19.5. The molecular weight excluding hydrogens is 334 g/mol. The average Bonchev–Trinajstić information content (AvgIpc) is 2.98. The van der Waals surface area contributed by atoms with E-state index in [1.807, 2.05) is 6.07 Å². The van der Waals surface area contributed by atoms with Crippen molar-refractivity contribution in [3.63, 3.8) is 0 Å². The maximum absolute atomic E-state index is 6.02. The van der Waals surface area contributed by atoms with Gasteiger partial charge in [-0.3, -0.25) is 0 Å². The average molecular weight is 358 g/mol. The van der Waals surface area contributed by atoms with Crippen molar-refractivity contribution in [3.8, 4) is 11.5 Å². The monoisotopic (exact) mass is 357 g/mol. The molecule has 21 heavy (non-hydrogen) atoms. The van der Waals surface area contributed by atoms with Crippen molar-refractivity contribution in [2.75, 3.05) is 20.3 Å². The van der Waals surface area contributed by atoms with Crippen molar-refractivity contribution in [1.82, 2.24) is 0 Å². The van der Waals surface area contributed by atoms with Crippen LogP contribution in [0.1, 0.15) is 31.7 Å². The molecule has 0 aromatic heterocycles. The SMILES string of the molecule is CCC(N)Cc1cc(Br)c(OCC2CCCO2)c(OC)c1. The van der Waals surface area contributed by atoms with Gasteiger partial charge in [-0.05, 0) is 59.3 Å². The minimum Gasteiger partial charge on any atom is -0.493 e. The van der Waals surface area contributed by atoms with Crippen molar-refractivity contribution in [2.45, 2.75) is 44.8 Å². The summed E-state index contributed by atoms with van der Waals surface area (Å²) in [5, 5.41) is 0. The Labute approximate surface area is 135 Å². The molecule has 1 aromatic carbocycles. The Bertz CT molecular complexity index is 461. The van der Waals surface area contributed by atoms with Crippen molar-refractivity contribution in [1.29, 1.82) is 0 Å². The van der Waals surface area contributed by atoms with Gasteiger partial charge in [0.2, 0.25) is 0 Å². The van der Waals surface area contributed by atoms with Crippen LogP contribution in [-0.2, 0) is 11.2 Å². The Hall–Kier alpha value is -0.780. The lowest BCUT2D eigenvalue weighted by Crippen LogP contribution is -2.21. The fraction of sp³-hybridized carbons (Fsp3) is 0.625. The van der Waals surface area contributed by atoms with E-state index in [1.54, 1.807) is 7.11 Å². The molecule has 0 saturated carbocycles. The predicted molar refractivity (Wildman–Crippen MR) is 87.1 cm³/mol. The third kappa shape index (κ3) is 4.59. The zero-order valence-corrected chi connectivity index (χ0v) is 14.3. The maximum atomic E-state index is 6.02. The molecule has 118 valence electrons. The molecule has 0 amide bonds. The van der Waals surface area contributed by atoms with Crippen LogP contribution >= 0.6 is 15.9 Å². The van der Waals surface area contributed by atoms with Gasteiger partial charge < -0.3 is 19.9 Å². The molecule has 0 bridgehead atoms. The standard InChI is InChI=1S/C16H24BrNO3/c1-3-12(18)7-11-8-14(17)16(15(9-11)19-2)21-10-13-5-4-6-20-13/h8-9,12-13H,3-7,10,18H2,1-2H3. The van der Waals surface area contributed by atoms with Crippen LogP contribution < -0.4 is 15.2 Å². The first kappa shape index (κ1) is 16.6. The Morgan fingerprint density at radius 1 is 1.48 bits per heavy atom. The highest BCUT2D eigenvalue weighted by atomic mass is 79.9. The van der Waals surface area contributed by atoms with Crippen molar-refractivity contribution >= 4 is 15.9 Å². The first-order valence-electron chi connectivity index (χ1n) is 7.50. The van der Waals surface area contributed by atoms with E-state index in [0.29, 0.717) is 6.61 Å². The van der Waals surface area contributed by atoms with Crippen LogP contribution in [-0.4, -0.2) is 32.5 Å². The Kier molecular flexibility index (Phi) is 6.33. The maximum Gasteiger partial charge on any atom is 0.175 e. The second-order valence-electron chi connectivity index (χ2n) is 5.43. The van der Waals surface area contributed by atoms with E-state index >= 15 is 0 Å². The van der Waals surface area contributed by atoms with E-state index in [1.165, 1.54) is 0 Å². The molecule has 1 aromatic rings. The van der Waals surface area contributed by atoms with E-state index in [-0.39, 0.29) is 12.1 Å². The minimum atomic E-state index is 0.167. The summed E-state index contributed by atoms with van der Waals surface area (Å²) in [6, 6.07) is 4.23. The molecule has 2 atom stereocenters. The van der Waals surface area contributed by atoms with Gasteiger partial charge >= 0.3 is 0 Å². The quantitative estimate of drug-likeness (QED) is 0.813. The van der Waals surface area contributed by atoms with Crippen LogP contribution in [0.25, 0.3) is 0 Å². The van der Waals surface area contributed by atoms with Crippen molar-refractivity contribution < 1.29 is 14.2 Å². The summed E-state index contributed by atoms with van der Waals surface area (Å²) >= 11 is 3.57. The molecule has 1 saturated heterocycles. The zero-order chi connectivity index (χ0) is 15.2. The minimum absolute atomic E-state index is 0.167. The van der Waals surface area contributed by atoms with Crippen LogP contribution in [0.15, 0.2) is 16.6 Å². The first-order valence-corrected chi connectivity index (χ1v) is 8.29. The number of hydrogen-bond acceptors (Lipinski definition) is 4. The van der Waals surface area contributed by atoms with E-state index in [2.05, 4.69) is 28.9 Å².